The molecule has 0 fully saturated rings. The summed E-state index contributed by atoms with van der Waals surface area (Å²) in [6.45, 7) is 2.05. The Hall–Kier alpha value is -0.490. The van der Waals surface area contributed by atoms with Gasteiger partial charge in [-0.05, 0) is 6.42 Å². The SMILES string of the molecule is CCCCCCCCCCCCCCCCOC(C=O)C(O)C(O)CO. The van der Waals surface area contributed by atoms with Crippen LogP contribution in [0.15, 0.2) is 0 Å². The molecule has 0 amide bonds. The van der Waals surface area contributed by atoms with E-state index in [-0.39, 0.29) is 0 Å². The second-order valence-electron chi connectivity index (χ2n) is 7.31. The fourth-order valence-electron chi connectivity index (χ4n) is 3.06. The van der Waals surface area contributed by atoms with Gasteiger partial charge in [0.25, 0.3) is 0 Å². The number of carbonyl (C=O) groups excluding carboxylic acids is 1. The average molecular weight is 375 g/mol. The van der Waals surface area contributed by atoms with Crippen molar-refractivity contribution < 1.29 is 24.9 Å². The van der Waals surface area contributed by atoms with Crippen LogP contribution in [0, 0.1) is 0 Å². The number of hydrogen-bond acceptors (Lipinski definition) is 5. The third kappa shape index (κ3) is 14.7. The summed E-state index contributed by atoms with van der Waals surface area (Å²) in [5.74, 6) is 0. The number of carbonyl (C=O) groups is 1. The lowest BCUT2D eigenvalue weighted by atomic mass is 10.0. The topological polar surface area (TPSA) is 87.0 Å². The predicted molar refractivity (Wildman–Crippen MR) is 105 cm³/mol. The second-order valence-corrected chi connectivity index (χ2v) is 7.31. The van der Waals surface area contributed by atoms with Crippen molar-refractivity contribution in [3.63, 3.8) is 0 Å². The maximum absolute atomic E-state index is 10.9. The first kappa shape index (κ1) is 25.5. The van der Waals surface area contributed by atoms with Crippen molar-refractivity contribution in [2.75, 3.05) is 13.2 Å². The van der Waals surface area contributed by atoms with Crippen LogP contribution in [-0.4, -0.2) is 53.1 Å². The van der Waals surface area contributed by atoms with Crippen LogP contribution in [0.25, 0.3) is 0 Å². The highest BCUT2D eigenvalue weighted by atomic mass is 16.5. The lowest BCUT2D eigenvalue weighted by molar-refractivity contribution is -0.136. The van der Waals surface area contributed by atoms with Gasteiger partial charge in [-0.25, -0.2) is 0 Å². The zero-order valence-corrected chi connectivity index (χ0v) is 16.8. The van der Waals surface area contributed by atoms with Gasteiger partial charge in [-0.15, -0.1) is 0 Å². The van der Waals surface area contributed by atoms with E-state index in [0.29, 0.717) is 12.9 Å². The lowest BCUT2D eigenvalue weighted by Crippen LogP contribution is -2.42. The summed E-state index contributed by atoms with van der Waals surface area (Å²) >= 11 is 0. The molecule has 0 spiro atoms. The molecule has 0 aliphatic heterocycles. The maximum Gasteiger partial charge on any atom is 0.151 e. The quantitative estimate of drug-likeness (QED) is 0.223. The van der Waals surface area contributed by atoms with Gasteiger partial charge in [0.1, 0.15) is 18.3 Å². The van der Waals surface area contributed by atoms with Crippen molar-refractivity contribution in [2.24, 2.45) is 0 Å². The van der Waals surface area contributed by atoms with Crippen LogP contribution < -0.4 is 0 Å². The Bertz CT molecular complexity index is 298. The van der Waals surface area contributed by atoms with E-state index in [1.165, 1.54) is 70.6 Å². The molecular formula is C21H42O5. The molecule has 0 heterocycles. The Kier molecular flexibility index (Phi) is 18.9. The first-order valence-corrected chi connectivity index (χ1v) is 10.7. The highest BCUT2D eigenvalue weighted by Crippen LogP contribution is 2.13. The largest absolute Gasteiger partial charge is 0.394 e. The Morgan fingerprint density at radius 3 is 1.58 bits per heavy atom. The predicted octanol–water partition coefficient (Wildman–Crippen LogP) is 3.77. The summed E-state index contributed by atoms with van der Waals surface area (Å²) in [7, 11) is 0. The highest BCUT2D eigenvalue weighted by molar-refractivity contribution is 5.57. The van der Waals surface area contributed by atoms with Crippen LogP contribution in [0.4, 0.5) is 0 Å². The fraction of sp³-hybridized carbons (Fsp3) is 0.952. The van der Waals surface area contributed by atoms with Crippen molar-refractivity contribution in [1.82, 2.24) is 0 Å². The van der Waals surface area contributed by atoms with Gasteiger partial charge in [0.2, 0.25) is 0 Å². The normalized spacial score (nSPS) is 14.9. The minimum absolute atomic E-state index is 0.386. The Balaban J connectivity index is 3.34. The Morgan fingerprint density at radius 2 is 1.19 bits per heavy atom. The molecule has 5 heteroatoms. The lowest BCUT2D eigenvalue weighted by Gasteiger charge is -2.21. The molecule has 156 valence electrons. The zero-order valence-electron chi connectivity index (χ0n) is 16.8. The minimum atomic E-state index is -1.37. The molecule has 0 aromatic rings. The van der Waals surface area contributed by atoms with Gasteiger partial charge in [0, 0.05) is 6.61 Å². The number of ether oxygens (including phenoxy) is 1. The van der Waals surface area contributed by atoms with E-state index >= 15 is 0 Å². The van der Waals surface area contributed by atoms with Crippen molar-refractivity contribution >= 4 is 6.29 Å². The van der Waals surface area contributed by atoms with E-state index in [1.54, 1.807) is 0 Å². The summed E-state index contributed by atoms with van der Waals surface area (Å²) in [6.07, 6.45) is 14.6. The van der Waals surface area contributed by atoms with Gasteiger partial charge in [0.05, 0.1) is 6.61 Å². The molecule has 0 aliphatic carbocycles. The monoisotopic (exact) mass is 374 g/mol. The summed E-state index contributed by atoms with van der Waals surface area (Å²) < 4.78 is 5.29. The van der Waals surface area contributed by atoms with Gasteiger partial charge < -0.3 is 24.9 Å². The zero-order chi connectivity index (χ0) is 19.5. The summed E-state index contributed by atoms with van der Waals surface area (Å²) in [5, 5.41) is 27.7. The first-order valence-electron chi connectivity index (χ1n) is 10.7. The molecule has 3 atom stereocenters. The third-order valence-electron chi connectivity index (χ3n) is 4.86. The van der Waals surface area contributed by atoms with Gasteiger partial charge in [-0.1, -0.05) is 90.4 Å². The maximum atomic E-state index is 10.9. The number of unbranched alkanes of at least 4 members (excludes halogenated alkanes) is 13. The summed E-state index contributed by atoms with van der Waals surface area (Å²) in [4.78, 5) is 10.9. The number of aliphatic hydroxyl groups is 3. The van der Waals surface area contributed by atoms with E-state index in [4.69, 9.17) is 9.84 Å². The number of hydrogen-bond donors (Lipinski definition) is 3. The van der Waals surface area contributed by atoms with Crippen molar-refractivity contribution in [1.29, 1.82) is 0 Å². The van der Waals surface area contributed by atoms with E-state index in [9.17, 15) is 15.0 Å². The molecule has 0 saturated carbocycles. The first-order chi connectivity index (χ1) is 12.7. The fourth-order valence-corrected chi connectivity index (χ4v) is 3.06. The van der Waals surface area contributed by atoms with Crippen molar-refractivity contribution in [2.45, 2.75) is 115 Å². The van der Waals surface area contributed by atoms with Gasteiger partial charge >= 0.3 is 0 Å². The summed E-state index contributed by atoms with van der Waals surface area (Å²) in [6, 6.07) is 0. The van der Waals surface area contributed by atoms with Gasteiger partial charge in [-0.3, -0.25) is 0 Å². The number of aldehydes is 1. The van der Waals surface area contributed by atoms with E-state index < -0.39 is 24.9 Å². The minimum Gasteiger partial charge on any atom is -0.394 e. The summed E-state index contributed by atoms with van der Waals surface area (Å²) in [5.41, 5.74) is 0. The Morgan fingerprint density at radius 1 is 0.769 bits per heavy atom. The third-order valence-corrected chi connectivity index (χ3v) is 4.86. The molecule has 0 bridgehead atoms. The molecule has 0 aliphatic rings. The van der Waals surface area contributed by atoms with Crippen molar-refractivity contribution in [3.8, 4) is 0 Å². The molecule has 0 rings (SSSR count). The molecule has 26 heavy (non-hydrogen) atoms. The van der Waals surface area contributed by atoms with E-state index in [0.717, 1.165) is 19.3 Å². The molecule has 0 radical (unpaired) electrons. The number of aliphatic hydroxyl groups excluding tert-OH is 3. The molecule has 0 saturated heterocycles. The van der Waals surface area contributed by atoms with E-state index in [2.05, 4.69) is 6.92 Å². The Labute approximate surface area is 160 Å². The second kappa shape index (κ2) is 19.3. The molecule has 5 nitrogen and oxygen atoms in total. The van der Waals surface area contributed by atoms with Gasteiger partial charge in [0.15, 0.2) is 6.29 Å². The van der Waals surface area contributed by atoms with Crippen LogP contribution in [0.2, 0.25) is 0 Å². The number of rotatable bonds is 20. The highest BCUT2D eigenvalue weighted by Gasteiger charge is 2.26. The molecule has 0 aromatic carbocycles. The van der Waals surface area contributed by atoms with E-state index in [1.807, 2.05) is 0 Å². The molecule has 3 unspecified atom stereocenters. The van der Waals surface area contributed by atoms with Crippen LogP contribution in [0.1, 0.15) is 96.8 Å². The molecular weight excluding hydrogens is 332 g/mol. The molecule has 0 aromatic heterocycles. The molecule has 3 N–H and O–H groups in total. The van der Waals surface area contributed by atoms with Crippen molar-refractivity contribution in [3.05, 3.63) is 0 Å². The van der Waals surface area contributed by atoms with Gasteiger partial charge in [-0.2, -0.15) is 0 Å². The van der Waals surface area contributed by atoms with Crippen LogP contribution in [-0.2, 0) is 9.53 Å². The van der Waals surface area contributed by atoms with Crippen LogP contribution in [0.5, 0.6) is 0 Å². The average Bonchev–Trinajstić information content (AvgIpc) is 2.66. The van der Waals surface area contributed by atoms with Crippen LogP contribution >= 0.6 is 0 Å². The standard InChI is InChI=1S/C21H42O5/c1-2-3-4-5-6-7-8-9-10-11-12-13-14-15-16-26-20(18-23)21(25)19(24)17-22/h18-22,24-25H,2-17H2,1H3. The smallest absolute Gasteiger partial charge is 0.151 e. The van der Waals surface area contributed by atoms with Crippen LogP contribution in [0.3, 0.4) is 0 Å².